The summed E-state index contributed by atoms with van der Waals surface area (Å²) in [7, 11) is 0. The summed E-state index contributed by atoms with van der Waals surface area (Å²) in [6, 6.07) is 13.0. The molecule has 21 heavy (non-hydrogen) atoms. The highest BCUT2D eigenvalue weighted by Crippen LogP contribution is 2.27. The highest BCUT2D eigenvalue weighted by atomic mass is 79.9. The molecule has 0 aliphatic heterocycles. The van der Waals surface area contributed by atoms with Crippen LogP contribution >= 0.6 is 27.3 Å². The molecule has 0 saturated carbocycles. The summed E-state index contributed by atoms with van der Waals surface area (Å²) >= 11 is 5.32. The van der Waals surface area contributed by atoms with Gasteiger partial charge in [-0.15, -0.1) is 11.3 Å². The summed E-state index contributed by atoms with van der Waals surface area (Å²) in [6.07, 6.45) is 1.06. The molecular formula is C17H22BrNOS. The Hall–Kier alpha value is -0.680. The largest absolute Gasteiger partial charge is 0.372 e. The molecule has 0 saturated heterocycles. The fourth-order valence-corrected chi connectivity index (χ4v) is 4.00. The van der Waals surface area contributed by atoms with Gasteiger partial charge >= 0.3 is 0 Å². The average Bonchev–Trinajstić information content (AvgIpc) is 2.90. The van der Waals surface area contributed by atoms with Crippen LogP contribution in [0.3, 0.4) is 0 Å². The lowest BCUT2D eigenvalue weighted by Crippen LogP contribution is -2.37. The molecule has 2 nitrogen and oxygen atoms in total. The van der Waals surface area contributed by atoms with Gasteiger partial charge in [-0.05, 0) is 47.4 Å². The van der Waals surface area contributed by atoms with Crippen LogP contribution in [-0.2, 0) is 11.2 Å². The van der Waals surface area contributed by atoms with Crippen LogP contribution < -0.4 is 5.32 Å². The van der Waals surface area contributed by atoms with Gasteiger partial charge in [0.05, 0.1) is 6.10 Å². The van der Waals surface area contributed by atoms with E-state index in [9.17, 15) is 0 Å². The van der Waals surface area contributed by atoms with E-state index < -0.39 is 0 Å². The second-order valence-corrected chi connectivity index (χ2v) is 6.80. The van der Waals surface area contributed by atoms with Crippen molar-refractivity contribution in [3.05, 3.63) is 56.7 Å². The van der Waals surface area contributed by atoms with E-state index in [1.54, 1.807) is 11.3 Å². The Balaban J connectivity index is 2.19. The molecule has 1 aromatic heterocycles. The van der Waals surface area contributed by atoms with Gasteiger partial charge in [0.2, 0.25) is 0 Å². The third kappa shape index (κ3) is 4.92. The van der Waals surface area contributed by atoms with Crippen molar-refractivity contribution in [2.45, 2.75) is 32.4 Å². The molecule has 0 amide bonds. The Morgan fingerprint density at radius 2 is 2.00 bits per heavy atom. The van der Waals surface area contributed by atoms with Crippen LogP contribution in [0, 0.1) is 0 Å². The van der Waals surface area contributed by atoms with Crippen molar-refractivity contribution in [1.29, 1.82) is 0 Å². The van der Waals surface area contributed by atoms with Gasteiger partial charge in [-0.2, -0.15) is 0 Å². The third-order valence-corrected chi connectivity index (χ3v) is 5.07. The van der Waals surface area contributed by atoms with Gasteiger partial charge in [0.25, 0.3) is 0 Å². The topological polar surface area (TPSA) is 21.3 Å². The quantitative estimate of drug-likeness (QED) is 0.722. The molecule has 1 heterocycles. The lowest BCUT2D eigenvalue weighted by Gasteiger charge is -2.28. The molecule has 114 valence electrons. The lowest BCUT2D eigenvalue weighted by atomic mass is 9.98. The number of ether oxygens (including phenoxy) is 1. The number of halogens is 1. The van der Waals surface area contributed by atoms with Crippen molar-refractivity contribution < 1.29 is 4.74 Å². The standard InChI is InChI=1S/C17H22BrNOS/c1-3-19-16(11-15-10-14(18)12-21-15)17(20-4-2)13-8-6-5-7-9-13/h5-10,12,16-17,19H,3-4,11H2,1-2H3. The minimum Gasteiger partial charge on any atom is -0.372 e. The van der Waals surface area contributed by atoms with Crippen LogP contribution in [0.15, 0.2) is 46.3 Å². The van der Waals surface area contributed by atoms with Crippen molar-refractivity contribution in [3.8, 4) is 0 Å². The first-order valence-electron chi connectivity index (χ1n) is 7.37. The van der Waals surface area contributed by atoms with E-state index >= 15 is 0 Å². The zero-order valence-electron chi connectivity index (χ0n) is 12.5. The average molecular weight is 368 g/mol. The van der Waals surface area contributed by atoms with E-state index in [-0.39, 0.29) is 12.1 Å². The van der Waals surface area contributed by atoms with Gasteiger partial charge in [-0.25, -0.2) is 0 Å². The fourth-order valence-electron chi connectivity index (χ4n) is 2.49. The summed E-state index contributed by atoms with van der Waals surface area (Å²) in [4.78, 5) is 1.37. The van der Waals surface area contributed by atoms with E-state index in [0.29, 0.717) is 0 Å². The Kier molecular flexibility index (Phi) is 6.90. The number of hydrogen-bond donors (Lipinski definition) is 1. The van der Waals surface area contributed by atoms with Crippen molar-refractivity contribution >= 4 is 27.3 Å². The van der Waals surface area contributed by atoms with Gasteiger partial charge in [0.1, 0.15) is 0 Å². The first-order valence-corrected chi connectivity index (χ1v) is 9.04. The Labute approximate surface area is 139 Å². The zero-order chi connectivity index (χ0) is 15.1. The normalized spacial score (nSPS) is 14.0. The molecule has 0 fully saturated rings. The van der Waals surface area contributed by atoms with Crippen molar-refractivity contribution in [3.63, 3.8) is 0 Å². The van der Waals surface area contributed by atoms with Crippen LogP contribution in [0.1, 0.15) is 30.4 Å². The smallest absolute Gasteiger partial charge is 0.0981 e. The van der Waals surface area contributed by atoms with Gasteiger partial charge in [0, 0.05) is 27.4 Å². The van der Waals surface area contributed by atoms with Crippen LogP contribution in [0.25, 0.3) is 0 Å². The predicted octanol–water partition coefficient (Wildman–Crippen LogP) is 4.81. The van der Waals surface area contributed by atoms with Gasteiger partial charge in [0.15, 0.2) is 0 Å². The Bertz CT molecular complexity index is 529. The van der Waals surface area contributed by atoms with Gasteiger partial charge < -0.3 is 10.1 Å². The first kappa shape index (κ1) is 16.7. The summed E-state index contributed by atoms with van der Waals surface area (Å²) in [5.41, 5.74) is 1.24. The number of likely N-dealkylation sites (N-methyl/N-ethyl adjacent to an activating group) is 1. The molecular weight excluding hydrogens is 346 g/mol. The highest BCUT2D eigenvalue weighted by Gasteiger charge is 2.23. The summed E-state index contributed by atoms with van der Waals surface area (Å²) < 4.78 is 7.21. The second kappa shape index (κ2) is 8.69. The zero-order valence-corrected chi connectivity index (χ0v) is 14.9. The Morgan fingerprint density at radius 1 is 1.24 bits per heavy atom. The molecule has 1 N–H and O–H groups in total. The molecule has 4 heteroatoms. The second-order valence-electron chi connectivity index (χ2n) is 4.89. The monoisotopic (exact) mass is 367 g/mol. The number of rotatable bonds is 8. The number of thiophene rings is 1. The summed E-state index contributed by atoms with van der Waals surface area (Å²) in [6.45, 7) is 5.86. The number of nitrogens with one attached hydrogen (secondary N) is 1. The van der Waals surface area contributed by atoms with Crippen LogP contribution in [-0.4, -0.2) is 19.2 Å². The Morgan fingerprint density at radius 3 is 2.57 bits per heavy atom. The summed E-state index contributed by atoms with van der Waals surface area (Å²) in [5.74, 6) is 0. The van der Waals surface area contributed by atoms with E-state index in [0.717, 1.165) is 24.0 Å². The maximum absolute atomic E-state index is 6.05. The molecule has 2 aromatic rings. The van der Waals surface area contributed by atoms with Crippen LogP contribution in [0.4, 0.5) is 0 Å². The number of hydrogen-bond acceptors (Lipinski definition) is 3. The van der Waals surface area contributed by atoms with E-state index in [1.165, 1.54) is 10.4 Å². The first-order chi connectivity index (χ1) is 10.2. The van der Waals surface area contributed by atoms with Gasteiger partial charge in [-0.1, -0.05) is 37.3 Å². The minimum atomic E-state index is 0.0806. The SMILES string of the molecule is CCNC(Cc1cc(Br)cs1)C(OCC)c1ccccc1. The molecule has 2 rings (SSSR count). The highest BCUT2D eigenvalue weighted by molar-refractivity contribution is 9.10. The van der Waals surface area contributed by atoms with E-state index in [2.05, 4.69) is 70.8 Å². The minimum absolute atomic E-state index is 0.0806. The molecule has 0 aliphatic carbocycles. The van der Waals surface area contributed by atoms with Crippen molar-refractivity contribution in [2.75, 3.05) is 13.2 Å². The molecule has 0 spiro atoms. The summed E-state index contributed by atoms with van der Waals surface area (Å²) in [5, 5.41) is 5.73. The molecule has 0 radical (unpaired) electrons. The molecule has 0 aliphatic rings. The van der Waals surface area contributed by atoms with Crippen LogP contribution in [0.2, 0.25) is 0 Å². The maximum Gasteiger partial charge on any atom is 0.0981 e. The molecule has 2 unspecified atom stereocenters. The molecule has 0 bridgehead atoms. The van der Waals surface area contributed by atoms with Crippen molar-refractivity contribution in [1.82, 2.24) is 5.32 Å². The van der Waals surface area contributed by atoms with E-state index in [1.807, 2.05) is 6.07 Å². The maximum atomic E-state index is 6.05. The van der Waals surface area contributed by atoms with Crippen LogP contribution in [0.5, 0.6) is 0 Å². The number of benzene rings is 1. The van der Waals surface area contributed by atoms with Gasteiger partial charge in [-0.3, -0.25) is 0 Å². The predicted molar refractivity (Wildman–Crippen MR) is 94.0 cm³/mol. The van der Waals surface area contributed by atoms with Crippen molar-refractivity contribution in [2.24, 2.45) is 0 Å². The van der Waals surface area contributed by atoms with E-state index in [4.69, 9.17) is 4.74 Å². The molecule has 1 aromatic carbocycles. The third-order valence-electron chi connectivity index (χ3n) is 3.35. The fraction of sp³-hybridized carbons (Fsp3) is 0.412. The lowest BCUT2D eigenvalue weighted by molar-refractivity contribution is 0.0338. The molecule has 2 atom stereocenters.